The first-order valence-corrected chi connectivity index (χ1v) is 12.8. The zero-order chi connectivity index (χ0) is 27.3. The number of fused-ring (bicyclic) bond motifs is 2. The molecule has 0 spiro atoms. The van der Waals surface area contributed by atoms with Crippen molar-refractivity contribution in [2.45, 2.75) is 0 Å². The third kappa shape index (κ3) is 5.08. The Labute approximate surface area is 230 Å². The number of para-hydroxylation sites is 2. The fourth-order valence-corrected chi connectivity index (χ4v) is 4.52. The van der Waals surface area contributed by atoms with Crippen molar-refractivity contribution in [2.24, 2.45) is 5.10 Å². The van der Waals surface area contributed by atoms with E-state index in [4.69, 9.17) is 9.72 Å². The minimum atomic E-state index is -0.288. The second-order valence-corrected chi connectivity index (χ2v) is 9.08. The number of hydrogen-bond donors (Lipinski definition) is 1. The van der Waals surface area contributed by atoms with Gasteiger partial charge in [-0.2, -0.15) is 9.78 Å². The summed E-state index contributed by atoms with van der Waals surface area (Å²) in [6.45, 7) is -0.194. The second kappa shape index (κ2) is 11.0. The van der Waals surface area contributed by atoms with Gasteiger partial charge in [0.25, 0.3) is 11.5 Å². The summed E-state index contributed by atoms with van der Waals surface area (Å²) in [7, 11) is 0. The molecule has 0 radical (unpaired) electrons. The van der Waals surface area contributed by atoms with Gasteiger partial charge >= 0.3 is 0 Å². The smallest absolute Gasteiger partial charge is 0.282 e. The van der Waals surface area contributed by atoms with E-state index in [1.165, 1.54) is 4.68 Å². The number of rotatable bonds is 7. The molecule has 1 aromatic heterocycles. The minimum Gasteiger partial charge on any atom is -0.483 e. The second-order valence-electron chi connectivity index (χ2n) is 9.08. The van der Waals surface area contributed by atoms with E-state index in [1.807, 2.05) is 103 Å². The van der Waals surface area contributed by atoms with Crippen LogP contribution < -0.4 is 15.6 Å². The summed E-state index contributed by atoms with van der Waals surface area (Å²) in [5.74, 6) is 0.600. The number of carbonyl (C=O) groups excluding carboxylic acids is 1. The highest BCUT2D eigenvalue weighted by Crippen LogP contribution is 2.27. The number of benzene rings is 5. The van der Waals surface area contributed by atoms with Crippen molar-refractivity contribution in [1.82, 2.24) is 9.66 Å². The number of nitrogens with one attached hydrogen (secondary N) is 1. The Morgan fingerprint density at radius 1 is 0.800 bits per heavy atom. The molecule has 1 amide bonds. The lowest BCUT2D eigenvalue weighted by Gasteiger charge is -2.13. The van der Waals surface area contributed by atoms with Gasteiger partial charge < -0.3 is 10.1 Å². The topological polar surface area (TPSA) is 85.6 Å². The van der Waals surface area contributed by atoms with Gasteiger partial charge in [-0.15, -0.1) is 0 Å². The summed E-state index contributed by atoms with van der Waals surface area (Å²) in [5.41, 5.74) is 2.40. The molecule has 0 saturated carbocycles. The first kappa shape index (κ1) is 24.8. The number of ether oxygens (including phenoxy) is 1. The maximum atomic E-state index is 13.6. The monoisotopic (exact) mass is 524 g/mol. The lowest BCUT2D eigenvalue weighted by molar-refractivity contribution is -0.118. The molecule has 194 valence electrons. The van der Waals surface area contributed by atoms with Crippen LogP contribution in [-0.2, 0) is 4.79 Å². The van der Waals surface area contributed by atoms with Gasteiger partial charge in [0, 0.05) is 16.8 Å². The minimum absolute atomic E-state index is 0.194. The standard InChI is InChI=1S/C33H24N4O3/c38-31(35-25-14-5-2-6-15-25)22-40-30-20-19-23-11-7-8-16-26(23)28(30)21-34-37-32(24-12-3-1-4-13-24)36-29-18-10-9-17-27(29)33(37)39/h1-21H,22H2,(H,35,38). The Bertz CT molecular complexity index is 1920. The molecule has 0 atom stereocenters. The number of anilines is 1. The van der Waals surface area contributed by atoms with Crippen molar-refractivity contribution < 1.29 is 9.53 Å². The zero-order valence-corrected chi connectivity index (χ0v) is 21.4. The Morgan fingerprint density at radius 2 is 1.48 bits per heavy atom. The van der Waals surface area contributed by atoms with Gasteiger partial charge in [-0.1, -0.05) is 91.0 Å². The number of hydrogen-bond acceptors (Lipinski definition) is 5. The quantitative estimate of drug-likeness (QED) is 0.255. The van der Waals surface area contributed by atoms with Gasteiger partial charge in [0.15, 0.2) is 12.4 Å². The first-order chi connectivity index (χ1) is 19.7. The average Bonchev–Trinajstić information content (AvgIpc) is 3.00. The van der Waals surface area contributed by atoms with E-state index >= 15 is 0 Å². The van der Waals surface area contributed by atoms with Crippen LogP contribution in [0.2, 0.25) is 0 Å². The Morgan fingerprint density at radius 3 is 2.27 bits per heavy atom. The summed E-state index contributed by atoms with van der Waals surface area (Å²) in [5, 5.41) is 9.77. The van der Waals surface area contributed by atoms with E-state index in [-0.39, 0.29) is 18.1 Å². The Balaban J connectivity index is 1.41. The molecule has 40 heavy (non-hydrogen) atoms. The number of carbonyl (C=O) groups is 1. The molecule has 0 bridgehead atoms. The van der Waals surface area contributed by atoms with E-state index in [9.17, 15) is 9.59 Å². The van der Waals surface area contributed by atoms with Crippen molar-refractivity contribution in [3.8, 4) is 17.1 Å². The van der Waals surface area contributed by atoms with Gasteiger partial charge in [-0.05, 0) is 41.1 Å². The summed E-state index contributed by atoms with van der Waals surface area (Å²) >= 11 is 0. The zero-order valence-electron chi connectivity index (χ0n) is 21.4. The van der Waals surface area contributed by atoms with E-state index in [0.29, 0.717) is 33.7 Å². The van der Waals surface area contributed by atoms with Crippen molar-refractivity contribution in [2.75, 3.05) is 11.9 Å². The van der Waals surface area contributed by atoms with Crippen LogP contribution in [-0.4, -0.2) is 28.4 Å². The van der Waals surface area contributed by atoms with Crippen LogP contribution >= 0.6 is 0 Å². The highest BCUT2D eigenvalue weighted by molar-refractivity contribution is 6.02. The van der Waals surface area contributed by atoms with Crippen LogP contribution in [0, 0.1) is 0 Å². The van der Waals surface area contributed by atoms with E-state index in [0.717, 1.165) is 16.3 Å². The fraction of sp³-hybridized carbons (Fsp3) is 0.0303. The van der Waals surface area contributed by atoms with Gasteiger partial charge in [0.1, 0.15) is 5.75 Å². The van der Waals surface area contributed by atoms with Gasteiger partial charge in [-0.25, -0.2) is 4.98 Å². The molecule has 1 heterocycles. The van der Waals surface area contributed by atoms with E-state index in [1.54, 1.807) is 24.4 Å². The van der Waals surface area contributed by atoms with Crippen LogP contribution in [0.4, 0.5) is 5.69 Å². The molecule has 1 N–H and O–H groups in total. The summed E-state index contributed by atoms with van der Waals surface area (Å²) in [6.07, 6.45) is 1.59. The predicted molar refractivity (Wildman–Crippen MR) is 159 cm³/mol. The summed E-state index contributed by atoms with van der Waals surface area (Å²) < 4.78 is 7.29. The molecule has 0 unspecified atom stereocenters. The number of aromatic nitrogens is 2. The number of nitrogens with zero attached hydrogens (tertiary/aromatic N) is 3. The van der Waals surface area contributed by atoms with Crippen molar-refractivity contribution in [1.29, 1.82) is 0 Å². The molecule has 0 aliphatic rings. The molecule has 0 saturated heterocycles. The molecule has 0 aliphatic carbocycles. The largest absolute Gasteiger partial charge is 0.483 e. The van der Waals surface area contributed by atoms with Crippen LogP contribution in [0.1, 0.15) is 5.56 Å². The number of amides is 1. The van der Waals surface area contributed by atoms with Crippen molar-refractivity contribution >= 4 is 39.5 Å². The van der Waals surface area contributed by atoms with Crippen LogP contribution in [0.15, 0.2) is 131 Å². The lowest BCUT2D eigenvalue weighted by atomic mass is 10.0. The molecule has 6 rings (SSSR count). The van der Waals surface area contributed by atoms with Crippen LogP contribution in [0.5, 0.6) is 5.75 Å². The SMILES string of the molecule is O=C(COc1ccc2ccccc2c1C=Nn1c(-c2ccccc2)nc2ccccc2c1=O)Nc1ccccc1. The maximum absolute atomic E-state index is 13.6. The van der Waals surface area contributed by atoms with Gasteiger partial charge in [0.2, 0.25) is 0 Å². The van der Waals surface area contributed by atoms with Crippen LogP contribution in [0.3, 0.4) is 0 Å². The summed E-state index contributed by atoms with van der Waals surface area (Å²) in [6, 6.07) is 37.4. The molecule has 6 aromatic rings. The highest BCUT2D eigenvalue weighted by Gasteiger charge is 2.14. The predicted octanol–water partition coefficient (Wildman–Crippen LogP) is 6.12. The third-order valence-corrected chi connectivity index (χ3v) is 6.44. The van der Waals surface area contributed by atoms with Gasteiger partial charge in [0.05, 0.1) is 17.1 Å². The van der Waals surface area contributed by atoms with Crippen molar-refractivity contribution in [3.05, 3.63) is 137 Å². The molecular formula is C33H24N4O3. The van der Waals surface area contributed by atoms with E-state index in [2.05, 4.69) is 10.4 Å². The first-order valence-electron chi connectivity index (χ1n) is 12.8. The molecule has 0 aliphatic heterocycles. The molecule has 7 nitrogen and oxygen atoms in total. The lowest BCUT2D eigenvalue weighted by Crippen LogP contribution is -2.21. The third-order valence-electron chi connectivity index (χ3n) is 6.44. The molecule has 5 aromatic carbocycles. The van der Waals surface area contributed by atoms with Crippen LogP contribution in [0.25, 0.3) is 33.1 Å². The maximum Gasteiger partial charge on any atom is 0.282 e. The summed E-state index contributed by atoms with van der Waals surface area (Å²) in [4.78, 5) is 31.0. The Kier molecular flexibility index (Phi) is 6.84. The van der Waals surface area contributed by atoms with Gasteiger partial charge in [-0.3, -0.25) is 9.59 Å². The van der Waals surface area contributed by atoms with Crippen molar-refractivity contribution in [3.63, 3.8) is 0 Å². The van der Waals surface area contributed by atoms with E-state index < -0.39 is 0 Å². The normalized spacial score (nSPS) is 11.2. The highest BCUT2D eigenvalue weighted by atomic mass is 16.5. The molecule has 7 heteroatoms. The average molecular weight is 525 g/mol. The fourth-order valence-electron chi connectivity index (χ4n) is 4.52. The molecule has 0 fully saturated rings. The Hall–Kier alpha value is -5.56. The molecular weight excluding hydrogens is 500 g/mol.